The fraction of sp³-hybridized carbons (Fsp3) is 0.0870. The Bertz CT molecular complexity index is 813. The van der Waals surface area contributed by atoms with Gasteiger partial charge in [0.25, 0.3) is 0 Å². The van der Waals surface area contributed by atoms with Crippen LogP contribution in [-0.4, -0.2) is 12.8 Å². The van der Waals surface area contributed by atoms with Gasteiger partial charge in [0.1, 0.15) is 5.75 Å². The highest BCUT2D eigenvalue weighted by Gasteiger charge is 2.17. The minimum atomic E-state index is -0.715. The number of carbonyl (C=O) groups is 1. The maximum absolute atomic E-state index is 12.2. The number of hydrogen-bond acceptors (Lipinski definition) is 3. The Morgan fingerprint density at radius 3 is 1.85 bits per heavy atom. The summed E-state index contributed by atoms with van der Waals surface area (Å²) >= 11 is 0. The smallest absolute Gasteiger partial charge is 0.434 e. The molecule has 0 heterocycles. The minimum Gasteiger partial charge on any atom is -0.434 e. The SMILES string of the molecule is C=CCCOC(=O)Oc1c(-c2ccccc2)cccc1-c1ccccc1. The van der Waals surface area contributed by atoms with E-state index in [1.165, 1.54) is 0 Å². The van der Waals surface area contributed by atoms with Crippen molar-refractivity contribution in [1.82, 2.24) is 0 Å². The van der Waals surface area contributed by atoms with E-state index in [4.69, 9.17) is 9.47 Å². The van der Waals surface area contributed by atoms with E-state index in [0.717, 1.165) is 22.3 Å². The van der Waals surface area contributed by atoms with Crippen molar-refractivity contribution in [3.63, 3.8) is 0 Å². The molecule has 130 valence electrons. The van der Waals surface area contributed by atoms with Crippen molar-refractivity contribution in [1.29, 1.82) is 0 Å². The zero-order valence-corrected chi connectivity index (χ0v) is 14.4. The number of hydrogen-bond donors (Lipinski definition) is 0. The van der Waals surface area contributed by atoms with E-state index in [1.807, 2.05) is 78.9 Å². The highest BCUT2D eigenvalue weighted by Crippen LogP contribution is 2.39. The van der Waals surface area contributed by atoms with Gasteiger partial charge in [-0.25, -0.2) is 4.79 Å². The Labute approximate surface area is 153 Å². The molecule has 26 heavy (non-hydrogen) atoms. The molecule has 3 nitrogen and oxygen atoms in total. The zero-order chi connectivity index (χ0) is 18.2. The maximum Gasteiger partial charge on any atom is 0.513 e. The summed E-state index contributed by atoms with van der Waals surface area (Å²) in [7, 11) is 0. The van der Waals surface area contributed by atoms with Crippen molar-refractivity contribution in [3.05, 3.63) is 91.5 Å². The second-order valence-corrected chi connectivity index (χ2v) is 5.69. The van der Waals surface area contributed by atoms with Crippen LogP contribution in [0.2, 0.25) is 0 Å². The molecule has 0 aliphatic rings. The van der Waals surface area contributed by atoms with Crippen molar-refractivity contribution in [2.45, 2.75) is 6.42 Å². The zero-order valence-electron chi connectivity index (χ0n) is 14.4. The van der Waals surface area contributed by atoms with Crippen LogP contribution in [0.4, 0.5) is 4.79 Å². The standard InChI is InChI=1S/C23H20O3/c1-2-3-17-25-23(24)26-22-20(18-11-6-4-7-12-18)15-10-16-21(22)19-13-8-5-9-14-19/h2,4-16H,1,3,17H2. The van der Waals surface area contributed by atoms with Crippen molar-refractivity contribution in [2.24, 2.45) is 0 Å². The van der Waals surface area contributed by atoms with Crippen LogP contribution in [0.1, 0.15) is 6.42 Å². The second kappa shape index (κ2) is 8.67. The van der Waals surface area contributed by atoms with E-state index < -0.39 is 6.16 Å². The highest BCUT2D eigenvalue weighted by atomic mass is 16.7. The average molecular weight is 344 g/mol. The summed E-state index contributed by atoms with van der Waals surface area (Å²) in [6.07, 6.45) is 1.56. The van der Waals surface area contributed by atoms with Crippen LogP contribution in [0.25, 0.3) is 22.3 Å². The average Bonchev–Trinajstić information content (AvgIpc) is 2.70. The van der Waals surface area contributed by atoms with E-state index in [9.17, 15) is 4.79 Å². The molecule has 3 aromatic rings. The summed E-state index contributed by atoms with van der Waals surface area (Å²) in [5.41, 5.74) is 3.62. The Hall–Kier alpha value is -3.33. The van der Waals surface area contributed by atoms with Crippen LogP contribution in [0.15, 0.2) is 91.5 Å². The van der Waals surface area contributed by atoms with Gasteiger partial charge in [0.2, 0.25) is 0 Å². The number of para-hydroxylation sites is 1. The Morgan fingerprint density at radius 2 is 1.35 bits per heavy atom. The number of carbonyl (C=O) groups excluding carboxylic acids is 1. The van der Waals surface area contributed by atoms with Crippen molar-refractivity contribution in [3.8, 4) is 28.0 Å². The third kappa shape index (κ3) is 4.19. The molecular formula is C23H20O3. The summed E-state index contributed by atoms with van der Waals surface area (Å²) in [6, 6.07) is 25.5. The lowest BCUT2D eigenvalue weighted by Gasteiger charge is -2.15. The van der Waals surface area contributed by atoms with Crippen molar-refractivity contribution >= 4 is 6.16 Å². The Morgan fingerprint density at radius 1 is 0.808 bits per heavy atom. The third-order valence-electron chi connectivity index (χ3n) is 3.91. The molecule has 0 spiro atoms. The lowest BCUT2D eigenvalue weighted by Crippen LogP contribution is -2.12. The van der Waals surface area contributed by atoms with Crippen molar-refractivity contribution < 1.29 is 14.3 Å². The Balaban J connectivity index is 2.02. The van der Waals surface area contributed by atoms with Gasteiger partial charge in [0.05, 0.1) is 6.61 Å². The molecule has 0 bridgehead atoms. The number of ether oxygens (including phenoxy) is 2. The predicted molar refractivity (Wildman–Crippen MR) is 104 cm³/mol. The Kier molecular flexibility index (Phi) is 5.84. The molecule has 0 amide bonds. The van der Waals surface area contributed by atoms with Crippen LogP contribution in [0.5, 0.6) is 5.75 Å². The second-order valence-electron chi connectivity index (χ2n) is 5.69. The van der Waals surface area contributed by atoms with E-state index >= 15 is 0 Å². The van der Waals surface area contributed by atoms with Crippen LogP contribution >= 0.6 is 0 Å². The minimum absolute atomic E-state index is 0.247. The monoisotopic (exact) mass is 344 g/mol. The van der Waals surface area contributed by atoms with Gasteiger partial charge in [0, 0.05) is 11.1 Å². The van der Waals surface area contributed by atoms with Crippen LogP contribution in [0, 0.1) is 0 Å². The number of benzene rings is 3. The number of rotatable bonds is 6. The van der Waals surface area contributed by atoms with Gasteiger partial charge < -0.3 is 9.47 Å². The lowest BCUT2D eigenvalue weighted by atomic mass is 9.97. The van der Waals surface area contributed by atoms with Crippen LogP contribution < -0.4 is 4.74 Å². The van der Waals surface area contributed by atoms with Gasteiger partial charge >= 0.3 is 6.16 Å². The fourth-order valence-electron chi connectivity index (χ4n) is 2.68. The van der Waals surface area contributed by atoms with Crippen molar-refractivity contribution in [2.75, 3.05) is 6.61 Å². The van der Waals surface area contributed by atoms with Gasteiger partial charge in [-0.1, -0.05) is 84.9 Å². The summed E-state index contributed by atoms with van der Waals surface area (Å²) in [6.45, 7) is 3.86. The molecule has 0 aromatic heterocycles. The first-order chi connectivity index (χ1) is 12.8. The summed E-state index contributed by atoms with van der Waals surface area (Å²) in [5, 5.41) is 0. The van der Waals surface area contributed by atoms with E-state index in [2.05, 4.69) is 6.58 Å². The molecule has 0 saturated carbocycles. The molecule has 0 radical (unpaired) electrons. The first-order valence-electron chi connectivity index (χ1n) is 8.49. The lowest BCUT2D eigenvalue weighted by molar-refractivity contribution is 0.101. The molecule has 0 aliphatic heterocycles. The molecule has 3 rings (SSSR count). The third-order valence-corrected chi connectivity index (χ3v) is 3.91. The van der Waals surface area contributed by atoms with Gasteiger partial charge in [-0.15, -0.1) is 6.58 Å². The molecule has 3 heteroatoms. The van der Waals surface area contributed by atoms with Gasteiger partial charge in [-0.05, 0) is 17.5 Å². The summed E-state index contributed by atoms with van der Waals surface area (Å²) in [4.78, 5) is 12.2. The van der Waals surface area contributed by atoms with Crippen LogP contribution in [-0.2, 0) is 4.74 Å². The summed E-state index contributed by atoms with van der Waals surface area (Å²) < 4.78 is 10.8. The molecule has 0 unspecified atom stereocenters. The molecule has 0 atom stereocenters. The summed E-state index contributed by atoms with van der Waals surface area (Å²) in [5.74, 6) is 0.494. The predicted octanol–water partition coefficient (Wildman–Crippen LogP) is 6.11. The first-order valence-corrected chi connectivity index (χ1v) is 8.49. The largest absolute Gasteiger partial charge is 0.513 e. The topological polar surface area (TPSA) is 35.5 Å². The van der Waals surface area contributed by atoms with E-state index in [0.29, 0.717) is 12.2 Å². The normalized spacial score (nSPS) is 10.2. The molecule has 0 N–H and O–H groups in total. The van der Waals surface area contributed by atoms with E-state index in [1.54, 1.807) is 6.08 Å². The highest BCUT2D eigenvalue weighted by molar-refractivity contribution is 5.85. The fourth-order valence-corrected chi connectivity index (χ4v) is 2.68. The molecule has 0 fully saturated rings. The molecule has 0 saturated heterocycles. The molecular weight excluding hydrogens is 324 g/mol. The molecule has 0 aliphatic carbocycles. The first kappa shape index (κ1) is 17.5. The van der Waals surface area contributed by atoms with Crippen LogP contribution in [0.3, 0.4) is 0 Å². The van der Waals surface area contributed by atoms with Gasteiger partial charge in [-0.3, -0.25) is 0 Å². The quantitative estimate of drug-likeness (QED) is 0.234. The van der Waals surface area contributed by atoms with Gasteiger partial charge in [0.15, 0.2) is 0 Å². The van der Waals surface area contributed by atoms with Gasteiger partial charge in [-0.2, -0.15) is 0 Å². The molecule has 3 aromatic carbocycles. The van der Waals surface area contributed by atoms with E-state index in [-0.39, 0.29) is 6.61 Å². The maximum atomic E-state index is 12.2.